The van der Waals surface area contributed by atoms with Crippen molar-refractivity contribution < 1.29 is 8.42 Å². The maximum Gasteiger partial charge on any atom is 0.250 e. The number of nitrogens with zero attached hydrogens (tertiary/aromatic N) is 2. The molecule has 3 rings (SSSR count). The van der Waals surface area contributed by atoms with E-state index in [0.29, 0.717) is 6.54 Å². The second kappa shape index (κ2) is 9.13. The lowest BCUT2D eigenvalue weighted by atomic mass is 10.3. The van der Waals surface area contributed by atoms with Crippen LogP contribution in [-0.4, -0.2) is 21.2 Å². The molecular weight excluding hydrogens is 399 g/mol. The van der Waals surface area contributed by atoms with Crippen LogP contribution in [0.25, 0.3) is 0 Å². The Morgan fingerprint density at radius 1 is 0.828 bits per heavy atom. The number of para-hydroxylation sites is 1. The summed E-state index contributed by atoms with van der Waals surface area (Å²) in [6.07, 6.45) is 1.13. The van der Waals surface area contributed by atoms with E-state index in [4.69, 9.17) is 0 Å². The Hall–Kier alpha value is -2.80. The molecule has 0 saturated carbocycles. The summed E-state index contributed by atoms with van der Waals surface area (Å²) in [6.45, 7) is 2.68. The second-order valence-electron chi connectivity index (χ2n) is 6.42. The van der Waals surface area contributed by atoms with Crippen molar-refractivity contribution in [1.82, 2.24) is 0 Å². The normalized spacial score (nSPS) is 11.2. The molecule has 0 aliphatic rings. The van der Waals surface area contributed by atoms with Gasteiger partial charge in [-0.1, -0.05) is 78.9 Å². The molecule has 0 fully saturated rings. The number of hydrogen-bond donors (Lipinski definition) is 0. The topological polar surface area (TPSA) is 49.7 Å². The van der Waals surface area contributed by atoms with Crippen LogP contribution in [0.1, 0.15) is 6.92 Å². The fourth-order valence-corrected chi connectivity index (χ4v) is 7.70. The monoisotopic (exact) mass is 422 g/mol. The van der Waals surface area contributed by atoms with Crippen LogP contribution in [0.2, 0.25) is 0 Å². The molecule has 3 aromatic rings. The molecule has 0 saturated heterocycles. The molecule has 148 valence electrons. The summed E-state index contributed by atoms with van der Waals surface area (Å²) in [5, 5.41) is 1.63. The molecular formula is C23H23N2O2PS. The Balaban J connectivity index is 2.31. The van der Waals surface area contributed by atoms with E-state index in [1.807, 2.05) is 103 Å². The van der Waals surface area contributed by atoms with Gasteiger partial charge >= 0.3 is 0 Å². The predicted octanol–water partition coefficient (Wildman–Crippen LogP) is 4.24. The van der Waals surface area contributed by atoms with Crippen LogP contribution in [0.3, 0.4) is 0 Å². The minimum absolute atomic E-state index is 0.666. The molecule has 0 aliphatic carbocycles. The third kappa shape index (κ3) is 5.17. The van der Waals surface area contributed by atoms with Crippen molar-refractivity contribution in [1.29, 1.82) is 0 Å². The average Bonchev–Trinajstić information content (AvgIpc) is 2.74. The molecule has 0 amide bonds. The van der Waals surface area contributed by atoms with E-state index in [-0.39, 0.29) is 0 Å². The van der Waals surface area contributed by atoms with Crippen molar-refractivity contribution in [2.75, 3.05) is 17.7 Å². The highest BCUT2D eigenvalue weighted by molar-refractivity contribution is 7.98. The Morgan fingerprint density at radius 2 is 1.28 bits per heavy atom. The predicted molar refractivity (Wildman–Crippen MR) is 124 cm³/mol. The standard InChI is InChI=1S/C23H23N2O2PS/c1-3-25(21-13-7-4-8-14-21)19-20-28(24-29(2,26)27,22-15-9-5-10-16-22)23-17-11-6-12-18-23/h4-18H,3H2,1-2H3. The average molecular weight is 422 g/mol. The first kappa shape index (κ1) is 20.9. The molecule has 0 heterocycles. The van der Waals surface area contributed by atoms with Crippen LogP contribution in [0.15, 0.2) is 95.1 Å². The van der Waals surface area contributed by atoms with Crippen molar-refractivity contribution in [3.63, 3.8) is 0 Å². The lowest BCUT2D eigenvalue weighted by molar-refractivity contribution is 0.604. The van der Waals surface area contributed by atoms with Crippen LogP contribution in [0.4, 0.5) is 5.69 Å². The highest BCUT2D eigenvalue weighted by atomic mass is 32.2. The molecule has 6 heteroatoms. The van der Waals surface area contributed by atoms with Gasteiger partial charge < -0.3 is 4.90 Å². The zero-order valence-corrected chi connectivity index (χ0v) is 18.1. The van der Waals surface area contributed by atoms with E-state index >= 15 is 0 Å². The molecule has 29 heavy (non-hydrogen) atoms. The number of rotatable bonds is 5. The smallest absolute Gasteiger partial charge is 0.250 e. The molecule has 0 aromatic heterocycles. The second-order valence-corrected chi connectivity index (χ2v) is 11.1. The first-order valence-electron chi connectivity index (χ1n) is 9.25. The van der Waals surface area contributed by atoms with Gasteiger partial charge in [-0.25, -0.2) is 8.42 Å². The highest BCUT2D eigenvalue weighted by Gasteiger charge is 2.25. The lowest BCUT2D eigenvalue weighted by Crippen LogP contribution is -2.19. The fourth-order valence-electron chi connectivity index (χ4n) is 2.97. The van der Waals surface area contributed by atoms with Gasteiger partial charge in [-0.3, -0.25) is 0 Å². The molecule has 0 unspecified atom stereocenters. The van der Waals surface area contributed by atoms with Crippen LogP contribution >= 0.6 is 7.05 Å². The van der Waals surface area contributed by atoms with Crippen LogP contribution in [0, 0.1) is 11.7 Å². The largest absolute Gasteiger partial charge is 0.301 e. The van der Waals surface area contributed by atoms with Crippen molar-refractivity contribution in [2.24, 2.45) is 4.15 Å². The van der Waals surface area contributed by atoms with E-state index in [2.05, 4.69) is 15.9 Å². The Bertz CT molecular complexity index is 1120. The highest BCUT2D eigenvalue weighted by Crippen LogP contribution is 2.47. The van der Waals surface area contributed by atoms with Gasteiger partial charge in [-0.15, -0.1) is 0 Å². The van der Waals surface area contributed by atoms with E-state index in [1.54, 1.807) is 0 Å². The molecule has 0 aliphatic heterocycles. The third-order valence-electron chi connectivity index (χ3n) is 4.26. The van der Waals surface area contributed by atoms with E-state index < -0.39 is 17.1 Å². The number of anilines is 1. The van der Waals surface area contributed by atoms with Gasteiger partial charge in [0.15, 0.2) is 0 Å². The molecule has 0 N–H and O–H groups in total. The first-order chi connectivity index (χ1) is 13.9. The van der Waals surface area contributed by atoms with Crippen molar-refractivity contribution in [2.45, 2.75) is 6.92 Å². The Morgan fingerprint density at radius 3 is 1.69 bits per heavy atom. The van der Waals surface area contributed by atoms with Crippen LogP contribution in [-0.2, 0) is 10.0 Å². The van der Waals surface area contributed by atoms with E-state index in [0.717, 1.165) is 22.6 Å². The van der Waals surface area contributed by atoms with Crippen LogP contribution in [0.5, 0.6) is 0 Å². The SMILES string of the molecule is CCN(C#CP(=NS(C)(=O)=O)(c1ccccc1)c1ccccc1)c1ccccc1. The summed E-state index contributed by atoms with van der Waals surface area (Å²) in [5.74, 6) is 0. The molecule has 0 spiro atoms. The summed E-state index contributed by atoms with van der Waals surface area (Å²) in [4.78, 5) is 1.92. The fraction of sp³-hybridized carbons (Fsp3) is 0.130. The number of benzene rings is 3. The third-order valence-corrected chi connectivity index (χ3v) is 8.94. The Kier molecular flexibility index (Phi) is 6.59. The molecule has 3 aromatic carbocycles. The van der Waals surface area contributed by atoms with Gasteiger partial charge in [0.25, 0.3) is 0 Å². The minimum atomic E-state index is -3.64. The van der Waals surface area contributed by atoms with Gasteiger partial charge in [0, 0.05) is 28.9 Å². The molecule has 0 bridgehead atoms. The number of hydrogen-bond acceptors (Lipinski definition) is 3. The molecule has 0 radical (unpaired) electrons. The van der Waals surface area contributed by atoms with Gasteiger partial charge in [-0.05, 0) is 24.7 Å². The minimum Gasteiger partial charge on any atom is -0.301 e. The zero-order valence-electron chi connectivity index (χ0n) is 16.4. The summed E-state index contributed by atoms with van der Waals surface area (Å²) >= 11 is 0. The van der Waals surface area contributed by atoms with Crippen LogP contribution < -0.4 is 15.5 Å². The van der Waals surface area contributed by atoms with Gasteiger partial charge in [0.05, 0.1) is 6.26 Å². The quantitative estimate of drug-likeness (QED) is 0.351. The maximum absolute atomic E-state index is 12.4. The van der Waals surface area contributed by atoms with Crippen molar-refractivity contribution in [3.8, 4) is 11.7 Å². The summed E-state index contributed by atoms with van der Waals surface area (Å²) < 4.78 is 29.1. The number of sulfonamides is 1. The summed E-state index contributed by atoms with van der Waals surface area (Å²) in [5.41, 5.74) is 4.27. The Labute approximate surface area is 173 Å². The zero-order chi connectivity index (χ0) is 20.7. The lowest BCUT2D eigenvalue weighted by Gasteiger charge is -2.21. The van der Waals surface area contributed by atoms with Crippen molar-refractivity contribution in [3.05, 3.63) is 91.0 Å². The molecule has 4 nitrogen and oxygen atoms in total. The van der Waals surface area contributed by atoms with Gasteiger partial charge in [-0.2, -0.15) is 4.15 Å². The summed E-state index contributed by atoms with van der Waals surface area (Å²) in [6, 6.07) is 32.0. The van der Waals surface area contributed by atoms with Gasteiger partial charge in [0.2, 0.25) is 10.0 Å². The summed E-state index contributed by atoms with van der Waals surface area (Å²) in [7, 11) is -6.52. The maximum atomic E-state index is 12.4. The van der Waals surface area contributed by atoms with Crippen molar-refractivity contribution >= 4 is 33.4 Å². The van der Waals surface area contributed by atoms with E-state index in [9.17, 15) is 8.42 Å². The van der Waals surface area contributed by atoms with Gasteiger partial charge in [0.1, 0.15) is 7.05 Å². The first-order valence-corrected chi connectivity index (χ1v) is 12.8. The van der Waals surface area contributed by atoms with E-state index in [1.165, 1.54) is 0 Å². The molecule has 0 atom stereocenters.